The molecule has 1 saturated heterocycles. The topological polar surface area (TPSA) is 76.4 Å². The molecule has 0 unspecified atom stereocenters. The SMILES string of the molecule is Cc1ccc(NC(=S)N2CCN(S(=O)(=O)c3ccccc3C#N)CC2)cc1F. The van der Waals surface area contributed by atoms with Crippen molar-refractivity contribution in [3.05, 3.63) is 59.4 Å². The van der Waals surface area contributed by atoms with Gasteiger partial charge in [0.2, 0.25) is 10.0 Å². The predicted molar refractivity (Wildman–Crippen MR) is 109 cm³/mol. The van der Waals surface area contributed by atoms with Crippen LogP contribution < -0.4 is 5.32 Å². The van der Waals surface area contributed by atoms with Gasteiger partial charge in [-0.25, -0.2) is 12.8 Å². The second-order valence-electron chi connectivity index (χ2n) is 6.39. The summed E-state index contributed by atoms with van der Waals surface area (Å²) < 4.78 is 40.8. The third-order valence-electron chi connectivity index (χ3n) is 4.57. The smallest absolute Gasteiger partial charge is 0.244 e. The molecule has 9 heteroatoms. The predicted octanol–water partition coefficient (Wildman–Crippen LogP) is 2.71. The fraction of sp³-hybridized carbons (Fsp3) is 0.263. The zero-order valence-electron chi connectivity index (χ0n) is 15.2. The number of hydrogen-bond acceptors (Lipinski definition) is 4. The average molecular weight is 419 g/mol. The van der Waals surface area contributed by atoms with Gasteiger partial charge in [-0.2, -0.15) is 9.57 Å². The van der Waals surface area contributed by atoms with Crippen LogP contribution in [0.3, 0.4) is 0 Å². The van der Waals surface area contributed by atoms with E-state index in [2.05, 4.69) is 5.32 Å². The fourth-order valence-corrected chi connectivity index (χ4v) is 4.79. The first-order valence-electron chi connectivity index (χ1n) is 8.64. The summed E-state index contributed by atoms with van der Waals surface area (Å²) in [7, 11) is -3.75. The van der Waals surface area contributed by atoms with Crippen LogP contribution in [0.1, 0.15) is 11.1 Å². The monoisotopic (exact) mass is 418 g/mol. The van der Waals surface area contributed by atoms with E-state index in [9.17, 15) is 18.1 Å². The molecule has 0 bridgehead atoms. The van der Waals surface area contributed by atoms with Crippen LogP contribution >= 0.6 is 12.2 Å². The number of sulfonamides is 1. The largest absolute Gasteiger partial charge is 0.346 e. The van der Waals surface area contributed by atoms with Crippen molar-refractivity contribution >= 4 is 33.0 Å². The summed E-state index contributed by atoms with van der Waals surface area (Å²) in [6.45, 7) is 2.96. The van der Waals surface area contributed by atoms with Gasteiger partial charge in [-0.1, -0.05) is 18.2 Å². The molecule has 1 heterocycles. The molecule has 1 N–H and O–H groups in total. The molecule has 1 aliphatic rings. The Morgan fingerprint density at radius 2 is 1.86 bits per heavy atom. The lowest BCUT2D eigenvalue weighted by molar-refractivity contribution is 0.268. The van der Waals surface area contributed by atoms with Gasteiger partial charge in [0.1, 0.15) is 11.9 Å². The van der Waals surface area contributed by atoms with Crippen molar-refractivity contribution in [2.24, 2.45) is 0 Å². The molecule has 28 heavy (non-hydrogen) atoms. The van der Waals surface area contributed by atoms with E-state index >= 15 is 0 Å². The fourth-order valence-electron chi connectivity index (χ4n) is 2.93. The van der Waals surface area contributed by atoms with Crippen LogP contribution in [0.15, 0.2) is 47.4 Å². The number of nitrogens with one attached hydrogen (secondary N) is 1. The van der Waals surface area contributed by atoms with Crippen LogP contribution in [0.25, 0.3) is 0 Å². The lowest BCUT2D eigenvalue weighted by Crippen LogP contribution is -2.51. The minimum atomic E-state index is -3.75. The number of halogens is 1. The second kappa shape index (κ2) is 8.22. The maximum Gasteiger partial charge on any atom is 0.244 e. The maximum atomic E-state index is 13.7. The summed E-state index contributed by atoms with van der Waals surface area (Å²) in [5.41, 5.74) is 1.22. The van der Waals surface area contributed by atoms with Gasteiger partial charge in [0.05, 0.1) is 10.5 Å². The molecular formula is C19H19FN4O2S2. The molecule has 0 atom stereocenters. The molecule has 2 aromatic carbocycles. The Bertz CT molecular complexity index is 1040. The van der Waals surface area contributed by atoms with Gasteiger partial charge in [-0.3, -0.25) is 0 Å². The zero-order chi connectivity index (χ0) is 20.3. The van der Waals surface area contributed by atoms with Crippen molar-refractivity contribution < 1.29 is 12.8 Å². The highest BCUT2D eigenvalue weighted by atomic mass is 32.2. The molecular weight excluding hydrogens is 399 g/mol. The van der Waals surface area contributed by atoms with Crippen molar-refractivity contribution in [1.82, 2.24) is 9.21 Å². The van der Waals surface area contributed by atoms with Gasteiger partial charge in [0, 0.05) is 31.9 Å². The van der Waals surface area contributed by atoms with Crippen LogP contribution in [-0.2, 0) is 10.0 Å². The number of nitriles is 1. The van der Waals surface area contributed by atoms with Crippen molar-refractivity contribution in [2.75, 3.05) is 31.5 Å². The van der Waals surface area contributed by atoms with E-state index in [1.165, 1.54) is 22.5 Å². The Balaban J connectivity index is 1.66. The Kier molecular flexibility index (Phi) is 5.93. The van der Waals surface area contributed by atoms with E-state index in [0.29, 0.717) is 29.5 Å². The minimum absolute atomic E-state index is 0.0155. The normalized spacial score (nSPS) is 15.1. The second-order valence-corrected chi connectivity index (χ2v) is 8.69. The van der Waals surface area contributed by atoms with E-state index in [1.807, 2.05) is 11.0 Å². The summed E-state index contributed by atoms with van der Waals surface area (Å²) in [6, 6.07) is 12.9. The third kappa shape index (κ3) is 4.14. The highest BCUT2D eigenvalue weighted by molar-refractivity contribution is 7.89. The molecule has 3 rings (SSSR count). The molecule has 0 radical (unpaired) electrons. The molecule has 0 aromatic heterocycles. The van der Waals surface area contributed by atoms with E-state index in [0.717, 1.165) is 0 Å². The number of aryl methyl sites for hydroxylation is 1. The average Bonchev–Trinajstić information content (AvgIpc) is 2.70. The van der Waals surface area contributed by atoms with E-state index in [4.69, 9.17) is 12.2 Å². The van der Waals surface area contributed by atoms with Gasteiger partial charge >= 0.3 is 0 Å². The number of nitrogens with zero attached hydrogens (tertiary/aromatic N) is 3. The van der Waals surface area contributed by atoms with Gasteiger partial charge in [0.15, 0.2) is 5.11 Å². The van der Waals surface area contributed by atoms with Gasteiger partial charge in [-0.05, 0) is 49.0 Å². The number of hydrogen-bond donors (Lipinski definition) is 1. The summed E-state index contributed by atoms with van der Waals surface area (Å²) in [4.78, 5) is 1.86. The molecule has 0 spiro atoms. The first-order chi connectivity index (χ1) is 13.3. The van der Waals surface area contributed by atoms with Crippen LogP contribution in [0.2, 0.25) is 0 Å². The number of benzene rings is 2. The third-order valence-corrected chi connectivity index (χ3v) is 6.89. The molecule has 6 nitrogen and oxygen atoms in total. The lowest BCUT2D eigenvalue weighted by Gasteiger charge is -2.35. The molecule has 0 saturated carbocycles. The van der Waals surface area contributed by atoms with Gasteiger partial charge in [0.25, 0.3) is 0 Å². The molecule has 1 aliphatic heterocycles. The Morgan fingerprint density at radius 1 is 1.18 bits per heavy atom. The lowest BCUT2D eigenvalue weighted by atomic mass is 10.2. The Hall–Kier alpha value is -2.54. The Labute approximate surface area is 169 Å². The van der Waals surface area contributed by atoms with Crippen LogP contribution in [0.4, 0.5) is 10.1 Å². The van der Waals surface area contributed by atoms with Gasteiger partial charge < -0.3 is 10.2 Å². The first-order valence-corrected chi connectivity index (χ1v) is 10.5. The first kappa shape index (κ1) is 20.2. The summed E-state index contributed by atoms with van der Waals surface area (Å²) in [5, 5.41) is 12.6. The van der Waals surface area contributed by atoms with Crippen LogP contribution in [0, 0.1) is 24.1 Å². The van der Waals surface area contributed by atoms with Crippen molar-refractivity contribution in [1.29, 1.82) is 5.26 Å². The summed E-state index contributed by atoms with van der Waals surface area (Å²) in [5.74, 6) is -0.320. The van der Waals surface area contributed by atoms with E-state index in [1.54, 1.807) is 31.2 Å². The standard InChI is InChI=1S/C19H19FN4O2S2/c1-14-6-7-16(12-17(14)20)22-19(27)23-8-10-24(11-9-23)28(25,26)18-5-3-2-4-15(18)13-21/h2-7,12H,8-11H2,1H3,(H,22,27). The minimum Gasteiger partial charge on any atom is -0.346 e. The molecule has 1 fully saturated rings. The molecule has 2 aromatic rings. The molecule has 146 valence electrons. The number of thiocarbonyl (C=S) groups is 1. The number of rotatable bonds is 3. The number of piperazine rings is 1. The number of anilines is 1. The van der Waals surface area contributed by atoms with Crippen molar-refractivity contribution in [2.45, 2.75) is 11.8 Å². The maximum absolute atomic E-state index is 13.7. The summed E-state index contributed by atoms with van der Waals surface area (Å²) in [6.07, 6.45) is 0. The van der Waals surface area contributed by atoms with Crippen LogP contribution in [-0.4, -0.2) is 48.9 Å². The van der Waals surface area contributed by atoms with Crippen molar-refractivity contribution in [3.63, 3.8) is 0 Å². The van der Waals surface area contributed by atoms with E-state index < -0.39 is 10.0 Å². The highest BCUT2D eigenvalue weighted by Crippen LogP contribution is 2.21. The zero-order valence-corrected chi connectivity index (χ0v) is 16.9. The van der Waals surface area contributed by atoms with Crippen molar-refractivity contribution in [3.8, 4) is 6.07 Å². The Morgan fingerprint density at radius 3 is 2.50 bits per heavy atom. The summed E-state index contributed by atoms with van der Waals surface area (Å²) >= 11 is 5.38. The molecule has 0 aliphatic carbocycles. The molecule has 0 amide bonds. The van der Waals surface area contributed by atoms with Crippen LogP contribution in [0.5, 0.6) is 0 Å². The quantitative estimate of drug-likeness (QED) is 0.773. The van der Waals surface area contributed by atoms with E-state index in [-0.39, 0.29) is 29.4 Å². The van der Waals surface area contributed by atoms with Gasteiger partial charge in [-0.15, -0.1) is 0 Å². The highest BCUT2D eigenvalue weighted by Gasteiger charge is 2.30.